The zero-order valence-electron chi connectivity index (χ0n) is 12.2. The Balaban J connectivity index is 2.71. The van der Waals surface area contributed by atoms with Crippen molar-refractivity contribution in [1.29, 1.82) is 0 Å². The van der Waals surface area contributed by atoms with Gasteiger partial charge in [-0.3, -0.25) is 0 Å². The first-order chi connectivity index (χ1) is 9.47. The normalized spacial score (nSPS) is 10.3. The molecule has 0 aliphatic carbocycles. The van der Waals surface area contributed by atoms with Gasteiger partial charge in [-0.25, -0.2) is 0 Å². The number of ether oxygens (including phenoxy) is 2. The van der Waals surface area contributed by atoms with Gasteiger partial charge in [-0.05, 0) is 18.3 Å². The second kappa shape index (κ2) is 8.14. The van der Waals surface area contributed by atoms with Gasteiger partial charge in [0.1, 0.15) is 11.5 Å². The zero-order valence-corrected chi connectivity index (χ0v) is 13.7. The Labute approximate surface area is 130 Å². The molecular formula is C13H21ClN3O2S+. The summed E-state index contributed by atoms with van der Waals surface area (Å²) < 4.78 is 10.4. The van der Waals surface area contributed by atoms with Crippen molar-refractivity contribution in [3.05, 3.63) is 17.2 Å². The Morgan fingerprint density at radius 2 is 1.90 bits per heavy atom. The molecule has 20 heavy (non-hydrogen) atoms. The molecule has 1 rings (SSSR count). The summed E-state index contributed by atoms with van der Waals surface area (Å²) in [6.07, 6.45) is 0. The Hall–Kier alpha value is -1.24. The lowest BCUT2D eigenvalue weighted by Gasteiger charge is -2.15. The van der Waals surface area contributed by atoms with Crippen LogP contribution >= 0.6 is 23.8 Å². The van der Waals surface area contributed by atoms with E-state index in [2.05, 4.69) is 24.7 Å². The quantitative estimate of drug-likeness (QED) is 0.677. The van der Waals surface area contributed by atoms with Crippen molar-refractivity contribution in [3.63, 3.8) is 0 Å². The van der Waals surface area contributed by atoms with Crippen LogP contribution in [0.3, 0.4) is 0 Å². The van der Waals surface area contributed by atoms with Gasteiger partial charge in [-0.15, -0.1) is 0 Å². The first kappa shape index (κ1) is 16.8. The van der Waals surface area contributed by atoms with Gasteiger partial charge in [0.2, 0.25) is 0 Å². The van der Waals surface area contributed by atoms with Gasteiger partial charge >= 0.3 is 0 Å². The maximum atomic E-state index is 6.10. The molecule has 7 heteroatoms. The summed E-state index contributed by atoms with van der Waals surface area (Å²) in [7, 11) is 7.32. The van der Waals surface area contributed by atoms with Crippen LogP contribution in [0.25, 0.3) is 0 Å². The number of hydrogen-bond donors (Lipinski definition) is 3. The third-order valence-electron chi connectivity index (χ3n) is 2.63. The molecule has 3 N–H and O–H groups in total. The number of quaternary nitrogens is 1. The van der Waals surface area contributed by atoms with Crippen LogP contribution in [0.5, 0.6) is 11.5 Å². The fourth-order valence-electron chi connectivity index (χ4n) is 1.55. The molecule has 0 unspecified atom stereocenters. The number of benzene rings is 1. The SMILES string of the molecule is COc1cc(OC)c(NC(=S)NCC[NH+](C)C)cc1Cl. The van der Waals surface area contributed by atoms with Gasteiger partial charge in [-0.1, -0.05) is 11.6 Å². The highest BCUT2D eigenvalue weighted by molar-refractivity contribution is 7.80. The van der Waals surface area contributed by atoms with Gasteiger partial charge < -0.3 is 25.0 Å². The van der Waals surface area contributed by atoms with E-state index in [4.69, 9.17) is 33.3 Å². The molecule has 0 amide bonds. The van der Waals surface area contributed by atoms with Crippen molar-refractivity contribution < 1.29 is 14.4 Å². The average molecular weight is 319 g/mol. The summed E-state index contributed by atoms with van der Waals surface area (Å²) in [4.78, 5) is 1.35. The fraction of sp³-hybridized carbons (Fsp3) is 0.462. The van der Waals surface area contributed by atoms with E-state index in [1.807, 2.05) is 0 Å². The van der Waals surface area contributed by atoms with Crippen LogP contribution in [0.4, 0.5) is 5.69 Å². The second-order valence-electron chi connectivity index (χ2n) is 4.53. The van der Waals surface area contributed by atoms with Crippen molar-refractivity contribution in [1.82, 2.24) is 5.32 Å². The molecule has 0 aromatic heterocycles. The highest BCUT2D eigenvalue weighted by atomic mass is 35.5. The van der Waals surface area contributed by atoms with Crippen molar-refractivity contribution in [2.24, 2.45) is 0 Å². The Bertz CT molecular complexity index is 469. The van der Waals surface area contributed by atoms with Crippen LogP contribution in [0.2, 0.25) is 5.02 Å². The van der Waals surface area contributed by atoms with E-state index in [1.54, 1.807) is 26.4 Å². The van der Waals surface area contributed by atoms with Crippen LogP contribution < -0.4 is 25.0 Å². The standard InChI is InChI=1S/C13H20ClN3O2S/c1-17(2)6-5-15-13(20)16-10-7-9(14)11(18-3)8-12(10)19-4/h7-8H,5-6H2,1-4H3,(H2,15,16,20)/p+1. The van der Waals surface area contributed by atoms with E-state index >= 15 is 0 Å². The maximum Gasteiger partial charge on any atom is 0.171 e. The molecule has 1 aromatic rings. The number of hydrogen-bond acceptors (Lipinski definition) is 3. The molecule has 0 radical (unpaired) electrons. The molecule has 5 nitrogen and oxygen atoms in total. The number of methoxy groups -OCH3 is 2. The van der Waals surface area contributed by atoms with Gasteiger partial charge in [0.15, 0.2) is 5.11 Å². The van der Waals surface area contributed by atoms with E-state index in [0.29, 0.717) is 27.3 Å². The Morgan fingerprint density at radius 3 is 2.45 bits per heavy atom. The molecule has 0 aliphatic rings. The molecule has 0 fully saturated rings. The molecule has 1 aromatic carbocycles. The van der Waals surface area contributed by atoms with Gasteiger partial charge in [0, 0.05) is 6.07 Å². The fourth-order valence-corrected chi connectivity index (χ4v) is 2.00. The van der Waals surface area contributed by atoms with Gasteiger partial charge in [0.05, 0.1) is 52.1 Å². The highest BCUT2D eigenvalue weighted by Crippen LogP contribution is 2.35. The summed E-state index contributed by atoms with van der Waals surface area (Å²) in [5.41, 5.74) is 0.702. The molecule has 0 heterocycles. The third-order valence-corrected chi connectivity index (χ3v) is 3.17. The monoisotopic (exact) mass is 318 g/mol. The molecule has 0 saturated carbocycles. The highest BCUT2D eigenvalue weighted by Gasteiger charge is 2.11. The summed E-state index contributed by atoms with van der Waals surface area (Å²) in [5.74, 6) is 1.18. The van der Waals surface area contributed by atoms with Gasteiger partial charge in [-0.2, -0.15) is 0 Å². The van der Waals surface area contributed by atoms with Crippen LogP contribution in [0.1, 0.15) is 0 Å². The molecule has 112 valence electrons. The molecule has 0 saturated heterocycles. The maximum absolute atomic E-state index is 6.10. The van der Waals surface area contributed by atoms with Crippen molar-refractivity contribution in [2.45, 2.75) is 0 Å². The van der Waals surface area contributed by atoms with E-state index in [0.717, 1.165) is 13.1 Å². The van der Waals surface area contributed by atoms with E-state index in [-0.39, 0.29) is 0 Å². The van der Waals surface area contributed by atoms with Crippen molar-refractivity contribution >= 4 is 34.6 Å². The predicted molar refractivity (Wildman–Crippen MR) is 86.5 cm³/mol. The van der Waals surface area contributed by atoms with E-state index in [1.165, 1.54) is 4.90 Å². The largest absolute Gasteiger partial charge is 0.495 e. The van der Waals surface area contributed by atoms with Crippen LogP contribution in [-0.2, 0) is 0 Å². The molecular weight excluding hydrogens is 298 g/mol. The van der Waals surface area contributed by atoms with Crippen molar-refractivity contribution in [3.8, 4) is 11.5 Å². The molecule has 0 aliphatic heterocycles. The summed E-state index contributed by atoms with van der Waals surface area (Å²) in [5, 5.41) is 7.23. The number of likely N-dealkylation sites (N-methyl/N-ethyl adjacent to an activating group) is 1. The zero-order chi connectivity index (χ0) is 15.1. The van der Waals surface area contributed by atoms with Gasteiger partial charge in [0.25, 0.3) is 0 Å². The van der Waals surface area contributed by atoms with Crippen LogP contribution in [0, 0.1) is 0 Å². The Morgan fingerprint density at radius 1 is 1.25 bits per heavy atom. The number of anilines is 1. The number of nitrogens with one attached hydrogen (secondary N) is 3. The predicted octanol–water partition coefficient (Wildman–Crippen LogP) is 0.788. The average Bonchev–Trinajstić information content (AvgIpc) is 2.38. The third kappa shape index (κ3) is 5.03. The van der Waals surface area contributed by atoms with Crippen LogP contribution in [-0.4, -0.2) is 46.5 Å². The summed E-state index contributed by atoms with van der Waals surface area (Å²) in [6.45, 7) is 1.77. The minimum Gasteiger partial charge on any atom is -0.495 e. The number of rotatable bonds is 6. The minimum absolute atomic E-state index is 0.497. The second-order valence-corrected chi connectivity index (χ2v) is 5.34. The number of thiocarbonyl (C=S) groups is 1. The Kier molecular flexibility index (Phi) is 6.84. The number of halogens is 1. The lowest BCUT2D eigenvalue weighted by Crippen LogP contribution is -3.06. The minimum atomic E-state index is 0.497. The summed E-state index contributed by atoms with van der Waals surface area (Å²) in [6, 6.07) is 3.45. The lowest BCUT2D eigenvalue weighted by atomic mass is 10.2. The molecule has 0 bridgehead atoms. The summed E-state index contributed by atoms with van der Waals surface area (Å²) >= 11 is 11.3. The smallest absolute Gasteiger partial charge is 0.171 e. The van der Waals surface area contributed by atoms with Crippen LogP contribution in [0.15, 0.2) is 12.1 Å². The lowest BCUT2D eigenvalue weighted by molar-refractivity contribution is -0.856. The molecule has 0 spiro atoms. The topological polar surface area (TPSA) is 47.0 Å². The first-order valence-corrected chi connectivity index (χ1v) is 7.02. The van der Waals surface area contributed by atoms with E-state index in [9.17, 15) is 0 Å². The molecule has 0 atom stereocenters. The van der Waals surface area contributed by atoms with E-state index < -0.39 is 0 Å². The van der Waals surface area contributed by atoms with Crippen molar-refractivity contribution in [2.75, 3.05) is 46.7 Å². The first-order valence-electron chi connectivity index (χ1n) is 6.23.